The van der Waals surface area contributed by atoms with E-state index < -0.39 is 5.91 Å². The molecule has 164 valence electrons. The van der Waals surface area contributed by atoms with Gasteiger partial charge in [-0.15, -0.1) is 10.2 Å². The maximum absolute atomic E-state index is 11.9. The molecule has 0 unspecified atom stereocenters. The first kappa shape index (κ1) is 21.0. The third-order valence-electron chi connectivity index (χ3n) is 5.30. The zero-order chi connectivity index (χ0) is 22.2. The van der Waals surface area contributed by atoms with Crippen molar-refractivity contribution in [2.45, 2.75) is 52.1 Å². The Bertz CT molecular complexity index is 1110. The van der Waals surface area contributed by atoms with E-state index >= 15 is 0 Å². The van der Waals surface area contributed by atoms with Crippen LogP contribution >= 0.6 is 0 Å². The van der Waals surface area contributed by atoms with Gasteiger partial charge in [0.05, 0.1) is 11.1 Å². The minimum Gasteiger partial charge on any atom is -0.364 e. The number of fused-ring (bicyclic) bond motifs is 1. The highest BCUT2D eigenvalue weighted by Gasteiger charge is 2.20. The van der Waals surface area contributed by atoms with E-state index in [1.54, 1.807) is 0 Å². The average Bonchev–Trinajstić information content (AvgIpc) is 3.14. The third-order valence-corrected chi connectivity index (χ3v) is 5.30. The van der Waals surface area contributed by atoms with Crippen molar-refractivity contribution >= 4 is 34.3 Å². The van der Waals surface area contributed by atoms with Crippen LogP contribution in [0.4, 0.5) is 17.5 Å². The molecule has 0 aliphatic carbocycles. The van der Waals surface area contributed by atoms with E-state index in [9.17, 15) is 4.79 Å². The molecule has 31 heavy (non-hydrogen) atoms. The number of anilines is 3. The van der Waals surface area contributed by atoms with Crippen LogP contribution in [0, 0.1) is 6.92 Å². The largest absolute Gasteiger partial charge is 0.364 e. The Hall–Kier alpha value is -3.27. The molecule has 3 heterocycles. The van der Waals surface area contributed by atoms with Gasteiger partial charge in [0, 0.05) is 29.9 Å². The maximum atomic E-state index is 11.9. The van der Waals surface area contributed by atoms with Crippen LogP contribution < -0.4 is 21.7 Å². The normalized spacial score (nSPS) is 17.0. The first-order valence-corrected chi connectivity index (χ1v) is 10.5. The van der Waals surface area contributed by atoms with Crippen molar-refractivity contribution in [1.29, 1.82) is 0 Å². The molecule has 1 amide bonds. The van der Waals surface area contributed by atoms with Gasteiger partial charge in [0.2, 0.25) is 5.95 Å². The fourth-order valence-corrected chi connectivity index (χ4v) is 3.66. The Morgan fingerprint density at radius 1 is 1.29 bits per heavy atom. The zero-order valence-corrected chi connectivity index (χ0v) is 18.4. The molecule has 5 N–H and O–H groups in total. The van der Waals surface area contributed by atoms with Crippen molar-refractivity contribution in [3.63, 3.8) is 0 Å². The number of carbonyl (C=O) groups excluding carboxylic acids is 1. The Morgan fingerprint density at radius 3 is 2.77 bits per heavy atom. The monoisotopic (exact) mass is 423 g/mol. The highest BCUT2D eigenvalue weighted by molar-refractivity contribution is 5.96. The lowest BCUT2D eigenvalue weighted by Crippen LogP contribution is -2.39. The predicted molar refractivity (Wildman–Crippen MR) is 121 cm³/mol. The topological polar surface area (TPSA) is 136 Å². The lowest BCUT2D eigenvalue weighted by atomic mass is 10.1. The van der Waals surface area contributed by atoms with E-state index in [-0.39, 0.29) is 23.1 Å². The van der Waals surface area contributed by atoms with Gasteiger partial charge in [-0.1, -0.05) is 0 Å². The van der Waals surface area contributed by atoms with Crippen molar-refractivity contribution in [3.05, 3.63) is 29.6 Å². The number of hydrogen-bond donors (Lipinski definition) is 4. The van der Waals surface area contributed by atoms with Crippen molar-refractivity contribution in [3.8, 4) is 0 Å². The first-order chi connectivity index (χ1) is 14.7. The molecule has 0 radical (unpaired) electrons. The van der Waals surface area contributed by atoms with E-state index in [2.05, 4.69) is 51.9 Å². The standard InChI is InChI=1S/C21H29N9O/c1-12-8-15(9-13-11-30(21(2,3)4)29-16(12)13)24-19-17(18(22)31)27-28-20(26-19)25-14-6-5-7-23-10-14/h8-9,11,14,23H,5-7,10H2,1-4H3,(H2,22,31)(H2,24,25,26,28)/t14-/m1/s1. The van der Waals surface area contributed by atoms with E-state index in [0.29, 0.717) is 5.95 Å². The summed E-state index contributed by atoms with van der Waals surface area (Å²) in [5, 5.41) is 23.6. The molecule has 1 atom stereocenters. The summed E-state index contributed by atoms with van der Waals surface area (Å²) in [4.78, 5) is 16.4. The van der Waals surface area contributed by atoms with Gasteiger partial charge in [-0.3, -0.25) is 9.48 Å². The Kier molecular flexibility index (Phi) is 5.48. The molecular weight excluding hydrogens is 394 g/mol. The van der Waals surface area contributed by atoms with E-state index in [1.165, 1.54) is 0 Å². The second-order valence-electron chi connectivity index (χ2n) is 8.98. The van der Waals surface area contributed by atoms with Gasteiger partial charge < -0.3 is 21.7 Å². The molecule has 1 aliphatic heterocycles. The number of benzene rings is 1. The number of aromatic nitrogens is 5. The SMILES string of the molecule is Cc1cc(Nc2nc(N[C@@H]3CCCNC3)nnc2C(N)=O)cc2cn(C(C)(C)C)nc12. The number of carbonyl (C=O) groups is 1. The Balaban J connectivity index is 1.66. The number of nitrogens with two attached hydrogens (primary N) is 1. The van der Waals surface area contributed by atoms with Crippen LogP contribution in [0.2, 0.25) is 0 Å². The van der Waals surface area contributed by atoms with E-state index in [1.807, 2.05) is 29.9 Å². The number of rotatable bonds is 5. The molecule has 1 aliphatic rings. The summed E-state index contributed by atoms with van der Waals surface area (Å²) < 4.78 is 1.95. The van der Waals surface area contributed by atoms with Crippen LogP contribution in [0.3, 0.4) is 0 Å². The van der Waals surface area contributed by atoms with Crippen LogP contribution in [-0.4, -0.2) is 50.0 Å². The maximum Gasteiger partial charge on any atom is 0.273 e. The molecule has 3 aromatic rings. The van der Waals surface area contributed by atoms with Gasteiger partial charge in [-0.25, -0.2) is 0 Å². The van der Waals surface area contributed by atoms with Crippen molar-refractivity contribution < 1.29 is 4.79 Å². The van der Waals surface area contributed by atoms with Gasteiger partial charge in [0.1, 0.15) is 0 Å². The Morgan fingerprint density at radius 2 is 2.10 bits per heavy atom. The van der Waals surface area contributed by atoms with Crippen LogP contribution in [-0.2, 0) is 5.54 Å². The van der Waals surface area contributed by atoms with Crippen LogP contribution in [0.15, 0.2) is 18.3 Å². The zero-order valence-electron chi connectivity index (χ0n) is 18.4. The summed E-state index contributed by atoms with van der Waals surface area (Å²) in [7, 11) is 0. The van der Waals surface area contributed by atoms with Gasteiger partial charge in [0.15, 0.2) is 11.5 Å². The summed E-state index contributed by atoms with van der Waals surface area (Å²) in [6.07, 6.45) is 4.12. The summed E-state index contributed by atoms with van der Waals surface area (Å²) in [6.45, 7) is 10.2. The van der Waals surface area contributed by atoms with Gasteiger partial charge in [-0.05, 0) is 64.8 Å². The number of amides is 1. The average molecular weight is 424 g/mol. The third kappa shape index (κ3) is 4.58. The van der Waals surface area contributed by atoms with Crippen molar-refractivity contribution in [2.24, 2.45) is 5.73 Å². The summed E-state index contributed by atoms with van der Waals surface area (Å²) in [6, 6.07) is 4.15. The number of hydrogen-bond acceptors (Lipinski definition) is 8. The lowest BCUT2D eigenvalue weighted by molar-refractivity contribution is 0.0995. The van der Waals surface area contributed by atoms with E-state index in [4.69, 9.17) is 10.8 Å². The van der Waals surface area contributed by atoms with Crippen LogP contribution in [0.5, 0.6) is 0 Å². The van der Waals surface area contributed by atoms with Gasteiger partial charge in [0.25, 0.3) is 5.91 Å². The number of nitrogens with zero attached hydrogens (tertiary/aromatic N) is 5. The summed E-state index contributed by atoms with van der Waals surface area (Å²) in [5.74, 6) is -0.0537. The quantitative estimate of drug-likeness (QED) is 0.491. The molecular formula is C21H29N9O. The first-order valence-electron chi connectivity index (χ1n) is 10.5. The fraction of sp³-hybridized carbons (Fsp3) is 0.476. The Labute approximate surface area is 181 Å². The molecule has 10 heteroatoms. The second-order valence-corrected chi connectivity index (χ2v) is 8.98. The molecule has 10 nitrogen and oxygen atoms in total. The van der Waals surface area contributed by atoms with E-state index in [0.717, 1.165) is 48.1 Å². The molecule has 1 saturated heterocycles. The van der Waals surface area contributed by atoms with Crippen LogP contribution in [0.25, 0.3) is 10.9 Å². The number of aryl methyl sites for hydroxylation is 1. The minimum absolute atomic E-state index is 0.00421. The molecule has 4 rings (SSSR count). The number of nitrogens with one attached hydrogen (secondary N) is 3. The molecule has 0 spiro atoms. The molecule has 0 saturated carbocycles. The summed E-state index contributed by atoms with van der Waals surface area (Å²) >= 11 is 0. The smallest absolute Gasteiger partial charge is 0.273 e. The van der Waals surface area contributed by atoms with Gasteiger partial charge in [-0.2, -0.15) is 10.1 Å². The fourth-order valence-electron chi connectivity index (χ4n) is 3.66. The highest BCUT2D eigenvalue weighted by atomic mass is 16.1. The molecule has 0 bridgehead atoms. The van der Waals surface area contributed by atoms with Gasteiger partial charge >= 0.3 is 0 Å². The number of primary amides is 1. The number of piperidine rings is 1. The highest BCUT2D eigenvalue weighted by Crippen LogP contribution is 2.27. The molecule has 1 aromatic carbocycles. The summed E-state index contributed by atoms with van der Waals surface area (Å²) in [5.41, 5.74) is 8.10. The van der Waals surface area contributed by atoms with Crippen LogP contribution in [0.1, 0.15) is 49.7 Å². The molecule has 1 fully saturated rings. The predicted octanol–water partition coefficient (Wildman–Crippen LogP) is 2.29. The molecule has 2 aromatic heterocycles. The minimum atomic E-state index is -0.688. The van der Waals surface area contributed by atoms with Crippen molar-refractivity contribution in [1.82, 2.24) is 30.3 Å². The van der Waals surface area contributed by atoms with Crippen molar-refractivity contribution in [2.75, 3.05) is 23.7 Å². The lowest BCUT2D eigenvalue weighted by Gasteiger charge is -2.23. The second kappa shape index (κ2) is 8.10.